The van der Waals surface area contributed by atoms with E-state index in [1.807, 2.05) is 42.5 Å². The molecule has 0 aromatic heterocycles. The molecular weight excluding hydrogens is 475 g/mol. The first-order valence-electron chi connectivity index (χ1n) is 8.67. The number of amides is 1. The van der Waals surface area contributed by atoms with Crippen LogP contribution in [0.3, 0.4) is 0 Å². The lowest BCUT2D eigenvalue weighted by Gasteiger charge is -2.12. The van der Waals surface area contributed by atoms with Crippen molar-refractivity contribution >= 4 is 47.4 Å². The minimum Gasteiger partial charge on any atom is -0.356 e. The molecule has 2 aromatic rings. The van der Waals surface area contributed by atoms with Crippen LogP contribution in [0.5, 0.6) is 0 Å². The second-order valence-electron chi connectivity index (χ2n) is 5.78. The molecule has 7 heteroatoms. The summed E-state index contributed by atoms with van der Waals surface area (Å²) in [4.78, 5) is 16.0. The predicted molar refractivity (Wildman–Crippen MR) is 123 cm³/mol. The number of aliphatic imine (C=N–C) groups is 1. The molecule has 0 radical (unpaired) electrons. The Morgan fingerprint density at radius 3 is 2.30 bits per heavy atom. The van der Waals surface area contributed by atoms with Crippen molar-refractivity contribution in [2.75, 3.05) is 26.7 Å². The van der Waals surface area contributed by atoms with Gasteiger partial charge in [-0.15, -0.1) is 24.0 Å². The van der Waals surface area contributed by atoms with Crippen LogP contribution in [-0.2, 0) is 17.6 Å². The van der Waals surface area contributed by atoms with Crippen molar-refractivity contribution in [1.82, 2.24) is 16.0 Å². The predicted octanol–water partition coefficient (Wildman–Crippen LogP) is 3.02. The highest BCUT2D eigenvalue weighted by Crippen LogP contribution is 2.14. The monoisotopic (exact) mass is 500 g/mol. The summed E-state index contributed by atoms with van der Waals surface area (Å²) in [6.45, 7) is 1.47. The van der Waals surface area contributed by atoms with E-state index in [9.17, 15) is 4.79 Å². The average molecular weight is 501 g/mol. The number of guanidine groups is 1. The maximum absolute atomic E-state index is 11.9. The fraction of sp³-hybridized carbons (Fsp3) is 0.300. The standard InChI is InChI=1S/C20H25ClN4O.HI/c1-22-20(24-14-12-17-9-5-6-10-18(17)21)25-15-19(26)23-13-11-16-7-3-2-4-8-16;/h2-10H,11-15H2,1H3,(H,23,26)(H2,22,24,25);1H. The second kappa shape index (κ2) is 13.4. The van der Waals surface area contributed by atoms with Crippen molar-refractivity contribution in [3.8, 4) is 0 Å². The molecule has 0 bridgehead atoms. The Labute approximate surface area is 183 Å². The molecule has 0 aliphatic carbocycles. The van der Waals surface area contributed by atoms with Gasteiger partial charge in [0, 0.05) is 25.2 Å². The molecule has 5 nitrogen and oxygen atoms in total. The van der Waals surface area contributed by atoms with Gasteiger partial charge in [0.15, 0.2) is 5.96 Å². The lowest BCUT2D eigenvalue weighted by Crippen LogP contribution is -2.44. The topological polar surface area (TPSA) is 65.5 Å². The molecule has 27 heavy (non-hydrogen) atoms. The maximum Gasteiger partial charge on any atom is 0.239 e. The molecule has 2 aromatic carbocycles. The van der Waals surface area contributed by atoms with Gasteiger partial charge < -0.3 is 16.0 Å². The molecule has 1 amide bonds. The first kappa shape index (κ1) is 23.2. The van der Waals surface area contributed by atoms with Gasteiger partial charge in [0.1, 0.15) is 0 Å². The number of hydrogen-bond acceptors (Lipinski definition) is 2. The van der Waals surface area contributed by atoms with Crippen LogP contribution in [0.1, 0.15) is 11.1 Å². The third-order valence-electron chi connectivity index (χ3n) is 3.86. The molecule has 0 spiro atoms. The van der Waals surface area contributed by atoms with E-state index in [0.717, 1.165) is 23.4 Å². The molecule has 0 saturated heterocycles. The van der Waals surface area contributed by atoms with Crippen LogP contribution in [0.4, 0.5) is 0 Å². The Morgan fingerprint density at radius 2 is 1.59 bits per heavy atom. The first-order valence-corrected chi connectivity index (χ1v) is 9.05. The van der Waals surface area contributed by atoms with E-state index >= 15 is 0 Å². The van der Waals surface area contributed by atoms with Crippen LogP contribution in [0.15, 0.2) is 59.6 Å². The van der Waals surface area contributed by atoms with Gasteiger partial charge in [0.25, 0.3) is 0 Å². The summed E-state index contributed by atoms with van der Waals surface area (Å²) in [7, 11) is 1.68. The van der Waals surface area contributed by atoms with Crippen molar-refractivity contribution in [2.45, 2.75) is 12.8 Å². The van der Waals surface area contributed by atoms with E-state index in [1.165, 1.54) is 5.56 Å². The largest absolute Gasteiger partial charge is 0.356 e. The van der Waals surface area contributed by atoms with Crippen LogP contribution in [0.2, 0.25) is 5.02 Å². The highest BCUT2D eigenvalue weighted by molar-refractivity contribution is 14.0. The van der Waals surface area contributed by atoms with Crippen LogP contribution < -0.4 is 16.0 Å². The molecular formula is C20H26ClIN4O. The quantitative estimate of drug-likeness (QED) is 0.297. The van der Waals surface area contributed by atoms with E-state index in [1.54, 1.807) is 7.05 Å². The Balaban J connectivity index is 0.00000364. The summed E-state index contributed by atoms with van der Waals surface area (Å²) < 4.78 is 0. The Morgan fingerprint density at radius 1 is 0.926 bits per heavy atom. The Kier molecular flexibility index (Phi) is 11.5. The number of benzene rings is 2. The highest BCUT2D eigenvalue weighted by atomic mass is 127. The van der Waals surface area contributed by atoms with Gasteiger partial charge in [-0.3, -0.25) is 9.79 Å². The van der Waals surface area contributed by atoms with Gasteiger partial charge in [-0.25, -0.2) is 0 Å². The summed E-state index contributed by atoms with van der Waals surface area (Å²) in [5, 5.41) is 9.85. The lowest BCUT2D eigenvalue weighted by atomic mass is 10.1. The van der Waals surface area contributed by atoms with E-state index in [0.29, 0.717) is 19.0 Å². The first-order chi connectivity index (χ1) is 12.7. The summed E-state index contributed by atoms with van der Waals surface area (Å²) >= 11 is 6.14. The third-order valence-corrected chi connectivity index (χ3v) is 4.23. The minimum absolute atomic E-state index is 0. The van der Waals surface area contributed by atoms with Crippen LogP contribution in [-0.4, -0.2) is 38.5 Å². The second-order valence-corrected chi connectivity index (χ2v) is 6.19. The summed E-state index contributed by atoms with van der Waals surface area (Å²) in [5.74, 6) is 0.533. The molecule has 0 heterocycles. The van der Waals surface area contributed by atoms with E-state index in [-0.39, 0.29) is 36.4 Å². The van der Waals surface area contributed by atoms with Crippen LogP contribution in [0.25, 0.3) is 0 Å². The van der Waals surface area contributed by atoms with Crippen molar-refractivity contribution in [2.24, 2.45) is 4.99 Å². The van der Waals surface area contributed by atoms with Crippen molar-refractivity contribution in [1.29, 1.82) is 0 Å². The number of hydrogen-bond donors (Lipinski definition) is 3. The molecule has 0 saturated carbocycles. The van der Waals surface area contributed by atoms with Gasteiger partial charge in [-0.2, -0.15) is 0 Å². The summed E-state index contributed by atoms with van der Waals surface area (Å²) in [6.07, 6.45) is 1.60. The van der Waals surface area contributed by atoms with E-state index in [4.69, 9.17) is 11.6 Å². The van der Waals surface area contributed by atoms with E-state index < -0.39 is 0 Å². The van der Waals surface area contributed by atoms with Crippen molar-refractivity contribution < 1.29 is 4.79 Å². The van der Waals surface area contributed by atoms with Crippen molar-refractivity contribution in [3.05, 3.63) is 70.7 Å². The fourth-order valence-electron chi connectivity index (χ4n) is 2.45. The normalized spacial score (nSPS) is 10.7. The van der Waals surface area contributed by atoms with Gasteiger partial charge in [-0.1, -0.05) is 60.1 Å². The molecule has 0 aliphatic rings. The molecule has 0 fully saturated rings. The number of nitrogens with zero attached hydrogens (tertiary/aromatic N) is 1. The summed E-state index contributed by atoms with van der Waals surface area (Å²) in [6, 6.07) is 17.8. The van der Waals surface area contributed by atoms with Crippen LogP contribution in [0, 0.1) is 0 Å². The fourth-order valence-corrected chi connectivity index (χ4v) is 2.68. The molecule has 3 N–H and O–H groups in total. The Bertz CT molecular complexity index is 725. The summed E-state index contributed by atoms with van der Waals surface area (Å²) in [5.41, 5.74) is 2.29. The lowest BCUT2D eigenvalue weighted by molar-refractivity contribution is -0.119. The zero-order valence-corrected chi connectivity index (χ0v) is 18.5. The molecule has 0 unspecified atom stereocenters. The minimum atomic E-state index is -0.0602. The van der Waals surface area contributed by atoms with Gasteiger partial charge in [-0.05, 0) is 30.0 Å². The zero-order chi connectivity index (χ0) is 18.6. The van der Waals surface area contributed by atoms with Crippen LogP contribution >= 0.6 is 35.6 Å². The smallest absolute Gasteiger partial charge is 0.239 e. The van der Waals surface area contributed by atoms with E-state index in [2.05, 4.69) is 33.1 Å². The number of nitrogens with one attached hydrogen (secondary N) is 3. The zero-order valence-electron chi connectivity index (χ0n) is 15.4. The maximum atomic E-state index is 11.9. The highest BCUT2D eigenvalue weighted by Gasteiger charge is 2.04. The average Bonchev–Trinajstić information content (AvgIpc) is 2.66. The van der Waals surface area contributed by atoms with Crippen molar-refractivity contribution in [3.63, 3.8) is 0 Å². The van der Waals surface area contributed by atoms with Gasteiger partial charge in [0.2, 0.25) is 5.91 Å². The van der Waals surface area contributed by atoms with Gasteiger partial charge >= 0.3 is 0 Å². The molecule has 2 rings (SSSR count). The number of halogens is 2. The number of rotatable bonds is 8. The SMILES string of the molecule is CN=C(NCCc1ccccc1Cl)NCC(=O)NCCc1ccccc1.I. The van der Waals surface area contributed by atoms with Gasteiger partial charge in [0.05, 0.1) is 6.54 Å². The number of carbonyl (C=O) groups excluding carboxylic acids is 1. The Hall–Kier alpha value is -1.80. The number of carbonyl (C=O) groups is 1. The molecule has 0 aliphatic heterocycles. The third kappa shape index (κ3) is 9.10. The molecule has 146 valence electrons. The molecule has 0 atom stereocenters.